The zero-order valence-corrected chi connectivity index (χ0v) is 15.5. The van der Waals surface area contributed by atoms with Crippen LogP contribution < -0.4 is 21.5 Å². The van der Waals surface area contributed by atoms with Crippen molar-refractivity contribution in [2.24, 2.45) is 5.92 Å². The summed E-state index contributed by atoms with van der Waals surface area (Å²) in [5.74, 6) is 1.21. The molecule has 1 aromatic carbocycles. The summed E-state index contributed by atoms with van der Waals surface area (Å²) >= 11 is 6.24. The topological polar surface area (TPSA) is 103 Å². The molecule has 1 fully saturated rings. The van der Waals surface area contributed by atoms with E-state index in [0.29, 0.717) is 34.8 Å². The second kappa shape index (κ2) is 6.92. The normalized spacial score (nSPS) is 18.8. The summed E-state index contributed by atoms with van der Waals surface area (Å²) in [5, 5.41) is 14.4. The van der Waals surface area contributed by atoms with Crippen LogP contribution in [-0.2, 0) is 6.54 Å². The van der Waals surface area contributed by atoms with Crippen molar-refractivity contribution in [2.45, 2.75) is 25.6 Å². The third-order valence-electron chi connectivity index (χ3n) is 4.82. The van der Waals surface area contributed by atoms with Crippen LogP contribution in [0, 0.1) is 11.7 Å². The van der Waals surface area contributed by atoms with Gasteiger partial charge in [-0.05, 0) is 42.5 Å². The number of rotatable bonds is 6. The number of nitrogens with one attached hydrogen (secondary N) is 5. The molecule has 3 heterocycles. The number of allylic oxidation sites excluding steroid dienone is 1. The van der Waals surface area contributed by atoms with Crippen molar-refractivity contribution in [1.82, 2.24) is 31.0 Å². The van der Waals surface area contributed by atoms with E-state index in [4.69, 9.17) is 11.6 Å². The third kappa shape index (κ3) is 3.46. The lowest BCUT2D eigenvalue weighted by Crippen LogP contribution is -2.37. The predicted octanol–water partition coefficient (Wildman–Crippen LogP) is 2.90. The fourth-order valence-corrected chi connectivity index (χ4v) is 3.39. The van der Waals surface area contributed by atoms with Gasteiger partial charge in [-0.25, -0.2) is 14.8 Å². The van der Waals surface area contributed by atoms with Crippen molar-refractivity contribution in [3.63, 3.8) is 0 Å². The van der Waals surface area contributed by atoms with Crippen LogP contribution in [0.4, 0.5) is 16.2 Å². The van der Waals surface area contributed by atoms with Crippen LogP contribution in [-0.4, -0.2) is 26.3 Å². The molecule has 1 aliphatic carbocycles. The van der Waals surface area contributed by atoms with E-state index < -0.39 is 0 Å². The molecule has 2 aliphatic rings. The molecule has 1 unspecified atom stereocenters. The van der Waals surface area contributed by atoms with Gasteiger partial charge < -0.3 is 16.1 Å². The number of H-pyrrole nitrogens is 1. The summed E-state index contributed by atoms with van der Waals surface area (Å²) in [6, 6.07) is 2.89. The van der Waals surface area contributed by atoms with Crippen LogP contribution in [0.2, 0.25) is 5.02 Å². The Hall–Kier alpha value is -2.91. The van der Waals surface area contributed by atoms with Gasteiger partial charge >= 0.3 is 0 Å². The lowest BCUT2D eigenvalue weighted by atomic mass is 10.1. The molecule has 2 aromatic heterocycles. The second-order valence-corrected chi connectivity index (χ2v) is 7.33. The Balaban J connectivity index is 1.31. The molecule has 5 rings (SSSR count). The van der Waals surface area contributed by atoms with Gasteiger partial charge in [-0.2, -0.15) is 10.1 Å². The number of hydrogen-bond donors (Lipinski definition) is 5. The fourth-order valence-electron chi connectivity index (χ4n) is 3.24. The molecule has 28 heavy (non-hydrogen) atoms. The third-order valence-corrected chi connectivity index (χ3v) is 5.09. The van der Waals surface area contributed by atoms with Gasteiger partial charge in [0.2, 0.25) is 5.95 Å². The maximum Gasteiger partial charge on any atom is 0.224 e. The summed E-state index contributed by atoms with van der Waals surface area (Å²) in [6.45, 7) is 0.351. The number of benzene rings is 1. The smallest absolute Gasteiger partial charge is 0.224 e. The first-order chi connectivity index (χ1) is 13.7. The quantitative estimate of drug-likeness (QED) is 0.433. The number of hydrogen-bond acceptors (Lipinski definition) is 7. The molecule has 0 amide bonds. The van der Waals surface area contributed by atoms with E-state index in [2.05, 4.69) is 47.7 Å². The highest BCUT2D eigenvalue weighted by Gasteiger charge is 2.30. The molecule has 144 valence electrons. The number of halogens is 2. The van der Waals surface area contributed by atoms with Gasteiger partial charge in [-0.3, -0.25) is 5.10 Å². The molecular weight excluding hydrogens is 383 g/mol. The van der Waals surface area contributed by atoms with Gasteiger partial charge in [0.25, 0.3) is 0 Å². The molecule has 1 atom stereocenters. The molecule has 8 nitrogen and oxygen atoms in total. The van der Waals surface area contributed by atoms with Crippen LogP contribution in [0.1, 0.15) is 18.4 Å². The molecule has 0 radical (unpaired) electrons. The first-order valence-corrected chi connectivity index (χ1v) is 9.41. The number of anilines is 2. The minimum absolute atomic E-state index is 0.107. The van der Waals surface area contributed by atoms with E-state index >= 15 is 0 Å². The summed E-state index contributed by atoms with van der Waals surface area (Å²) in [4.78, 5) is 8.66. The van der Waals surface area contributed by atoms with Gasteiger partial charge in [0.15, 0.2) is 5.82 Å². The Kier molecular flexibility index (Phi) is 4.25. The van der Waals surface area contributed by atoms with E-state index in [1.54, 1.807) is 6.20 Å². The van der Waals surface area contributed by atoms with Gasteiger partial charge in [-0.15, -0.1) is 0 Å². The molecule has 0 saturated heterocycles. The Morgan fingerprint density at radius 2 is 2.14 bits per heavy atom. The Bertz CT molecular complexity index is 1060. The molecule has 1 saturated carbocycles. The minimum Gasteiger partial charge on any atom is -0.350 e. The molecule has 10 heteroatoms. The summed E-state index contributed by atoms with van der Waals surface area (Å²) in [5.41, 5.74) is 8.96. The Morgan fingerprint density at radius 1 is 1.25 bits per heavy atom. The minimum atomic E-state index is -0.328. The SMILES string of the molecule is Fc1cc(CNc2ncc(Cl)c(NC3C=C(C4CC4)NN3)n2)c2cn[nH]c2c1. The summed E-state index contributed by atoms with van der Waals surface area (Å²) in [6.07, 6.45) is 7.64. The van der Waals surface area contributed by atoms with Crippen LogP contribution >= 0.6 is 11.6 Å². The van der Waals surface area contributed by atoms with E-state index in [-0.39, 0.29) is 12.0 Å². The number of aromatic amines is 1. The van der Waals surface area contributed by atoms with Gasteiger partial charge in [0.05, 0.1) is 17.9 Å². The zero-order chi connectivity index (χ0) is 19.1. The van der Waals surface area contributed by atoms with Crippen molar-refractivity contribution >= 4 is 34.3 Å². The van der Waals surface area contributed by atoms with Crippen molar-refractivity contribution in [3.05, 3.63) is 52.7 Å². The molecule has 1 aliphatic heterocycles. The van der Waals surface area contributed by atoms with Gasteiger partial charge in [0.1, 0.15) is 17.0 Å². The highest BCUT2D eigenvalue weighted by molar-refractivity contribution is 6.32. The van der Waals surface area contributed by atoms with Crippen molar-refractivity contribution in [1.29, 1.82) is 0 Å². The average molecular weight is 401 g/mol. The molecule has 3 aromatic rings. The standard InChI is InChI=1S/C18H18ClFN8/c19-13-8-22-18(21-6-10-3-11(20)4-15-12(10)7-23-26-15)25-17(13)24-16-5-14(27-28-16)9-1-2-9/h3-5,7-9,16,27-28H,1-2,6H2,(H,23,26)(H2,21,22,24,25). The lowest BCUT2D eigenvalue weighted by Gasteiger charge is -2.14. The van der Waals surface area contributed by atoms with Crippen LogP contribution in [0.25, 0.3) is 10.9 Å². The molecule has 0 bridgehead atoms. The fraction of sp³-hybridized carbons (Fsp3) is 0.278. The first-order valence-electron chi connectivity index (χ1n) is 9.03. The zero-order valence-electron chi connectivity index (χ0n) is 14.8. The van der Waals surface area contributed by atoms with E-state index in [1.807, 2.05) is 0 Å². The monoisotopic (exact) mass is 400 g/mol. The number of fused-ring (bicyclic) bond motifs is 1. The van der Waals surface area contributed by atoms with Gasteiger partial charge in [-0.1, -0.05) is 11.6 Å². The van der Waals surface area contributed by atoms with Crippen molar-refractivity contribution < 1.29 is 4.39 Å². The number of hydrazine groups is 1. The predicted molar refractivity (Wildman–Crippen MR) is 105 cm³/mol. The first kappa shape index (κ1) is 17.2. The Labute approximate surface area is 164 Å². The molecular formula is C18H18ClFN8. The summed E-state index contributed by atoms with van der Waals surface area (Å²) < 4.78 is 13.8. The van der Waals surface area contributed by atoms with E-state index in [9.17, 15) is 4.39 Å². The largest absolute Gasteiger partial charge is 0.350 e. The highest BCUT2D eigenvalue weighted by atomic mass is 35.5. The van der Waals surface area contributed by atoms with Crippen molar-refractivity contribution in [2.75, 3.05) is 10.6 Å². The van der Waals surface area contributed by atoms with Crippen LogP contribution in [0.3, 0.4) is 0 Å². The van der Waals surface area contributed by atoms with Gasteiger partial charge in [0, 0.05) is 17.6 Å². The Morgan fingerprint density at radius 3 is 3.00 bits per heavy atom. The number of nitrogens with zero attached hydrogens (tertiary/aromatic N) is 3. The second-order valence-electron chi connectivity index (χ2n) is 6.93. The van der Waals surface area contributed by atoms with Crippen LogP contribution in [0.15, 0.2) is 36.3 Å². The highest BCUT2D eigenvalue weighted by Crippen LogP contribution is 2.36. The average Bonchev–Trinajstić information content (AvgIpc) is 3.24. The maximum absolute atomic E-state index is 13.8. The van der Waals surface area contributed by atoms with Crippen LogP contribution in [0.5, 0.6) is 0 Å². The number of aromatic nitrogens is 4. The van der Waals surface area contributed by atoms with E-state index in [1.165, 1.54) is 36.9 Å². The lowest BCUT2D eigenvalue weighted by molar-refractivity contribution is 0.599. The summed E-state index contributed by atoms with van der Waals surface area (Å²) in [7, 11) is 0. The molecule has 5 N–H and O–H groups in total. The molecule has 0 spiro atoms. The van der Waals surface area contributed by atoms with Crippen molar-refractivity contribution in [3.8, 4) is 0 Å². The van der Waals surface area contributed by atoms with E-state index in [0.717, 1.165) is 10.9 Å². The maximum atomic E-state index is 13.8.